The number of carbonyl (C=O) groups is 2. The van der Waals surface area contributed by atoms with Gasteiger partial charge in [0.2, 0.25) is 12.1 Å². The van der Waals surface area contributed by atoms with E-state index in [1.54, 1.807) is 25.3 Å². The second kappa shape index (κ2) is 8.98. The number of anilines is 1. The molecule has 154 valence electrons. The van der Waals surface area contributed by atoms with Gasteiger partial charge in [-0.1, -0.05) is 78.3 Å². The van der Waals surface area contributed by atoms with Gasteiger partial charge in [0, 0.05) is 29.3 Å². The molecule has 5 nitrogen and oxygen atoms in total. The smallest absolute Gasteiger partial charge is 0.272 e. The maximum atomic E-state index is 13.1. The van der Waals surface area contributed by atoms with E-state index in [4.69, 9.17) is 11.6 Å². The number of hydrogen-bond acceptors (Lipinski definition) is 3. The van der Waals surface area contributed by atoms with Crippen LogP contribution in [0.1, 0.15) is 16.7 Å². The molecule has 1 atom stereocenters. The molecule has 0 spiro atoms. The molecule has 3 aromatic rings. The molecule has 0 saturated carbocycles. The first-order chi connectivity index (χ1) is 15.0. The van der Waals surface area contributed by atoms with E-state index in [2.05, 4.69) is 10.3 Å². The molecule has 3 aromatic carbocycles. The van der Waals surface area contributed by atoms with Crippen LogP contribution in [0.3, 0.4) is 0 Å². The summed E-state index contributed by atoms with van der Waals surface area (Å²) in [5.41, 5.74) is 3.79. The zero-order valence-corrected chi connectivity index (χ0v) is 17.6. The Hall–Kier alpha value is -3.70. The number of rotatable bonds is 4. The van der Waals surface area contributed by atoms with Gasteiger partial charge in [-0.15, -0.1) is 0 Å². The lowest BCUT2D eigenvalue weighted by Gasteiger charge is -2.20. The fraction of sp³-hybridized carbons (Fsp3) is 0.0800. The Morgan fingerprint density at radius 2 is 1.68 bits per heavy atom. The molecule has 0 unspecified atom stereocenters. The third-order valence-electron chi connectivity index (χ3n) is 4.99. The van der Waals surface area contributed by atoms with Crippen molar-refractivity contribution in [3.8, 4) is 0 Å². The van der Waals surface area contributed by atoms with Crippen molar-refractivity contribution in [2.24, 2.45) is 4.99 Å². The van der Waals surface area contributed by atoms with Crippen LogP contribution in [-0.2, 0) is 9.59 Å². The fourth-order valence-corrected chi connectivity index (χ4v) is 3.60. The Balaban J connectivity index is 1.68. The summed E-state index contributed by atoms with van der Waals surface area (Å²) in [7, 11) is 1.68. The van der Waals surface area contributed by atoms with E-state index in [0.717, 1.165) is 16.8 Å². The number of nitrogens with one attached hydrogen (secondary N) is 1. The molecule has 0 saturated heterocycles. The Bertz CT molecular complexity index is 1190. The normalized spacial score (nSPS) is 15.9. The van der Waals surface area contributed by atoms with Crippen molar-refractivity contribution in [1.29, 1.82) is 0 Å². The number of benzodiazepines with no additional fused rings is 1. The highest BCUT2D eigenvalue weighted by Crippen LogP contribution is 2.27. The Labute approximate surface area is 185 Å². The quantitative estimate of drug-likeness (QED) is 0.628. The Morgan fingerprint density at radius 3 is 2.45 bits per heavy atom. The van der Waals surface area contributed by atoms with E-state index in [0.29, 0.717) is 16.3 Å². The molecule has 0 aromatic heterocycles. The van der Waals surface area contributed by atoms with Crippen molar-refractivity contribution >= 4 is 40.9 Å². The summed E-state index contributed by atoms with van der Waals surface area (Å²) < 4.78 is 0. The highest BCUT2D eigenvalue weighted by molar-refractivity contribution is 6.32. The van der Waals surface area contributed by atoms with Crippen molar-refractivity contribution in [2.45, 2.75) is 6.17 Å². The van der Waals surface area contributed by atoms with Gasteiger partial charge < -0.3 is 10.2 Å². The first-order valence-corrected chi connectivity index (χ1v) is 10.2. The van der Waals surface area contributed by atoms with E-state index in [-0.39, 0.29) is 5.91 Å². The van der Waals surface area contributed by atoms with E-state index in [1.165, 1.54) is 11.0 Å². The molecule has 2 amide bonds. The zero-order valence-electron chi connectivity index (χ0n) is 16.8. The van der Waals surface area contributed by atoms with E-state index >= 15 is 0 Å². The summed E-state index contributed by atoms with van der Waals surface area (Å²) in [5.74, 6) is -0.758. The molecular formula is C25H20ClN3O2. The minimum Gasteiger partial charge on any atom is -0.323 e. The van der Waals surface area contributed by atoms with Gasteiger partial charge in [0.05, 0.1) is 11.4 Å². The molecule has 0 aliphatic carbocycles. The van der Waals surface area contributed by atoms with Gasteiger partial charge in [-0.25, -0.2) is 4.99 Å². The summed E-state index contributed by atoms with van der Waals surface area (Å²) in [6, 6.07) is 24.4. The van der Waals surface area contributed by atoms with Crippen molar-refractivity contribution in [2.75, 3.05) is 11.9 Å². The largest absolute Gasteiger partial charge is 0.323 e. The average molecular weight is 430 g/mol. The van der Waals surface area contributed by atoms with Crippen LogP contribution in [0.25, 0.3) is 6.08 Å². The monoisotopic (exact) mass is 429 g/mol. The van der Waals surface area contributed by atoms with Crippen LogP contribution < -0.4 is 10.2 Å². The van der Waals surface area contributed by atoms with Crippen molar-refractivity contribution in [3.05, 3.63) is 107 Å². The Kier molecular flexibility index (Phi) is 5.96. The number of amides is 2. The van der Waals surface area contributed by atoms with Gasteiger partial charge in [0.1, 0.15) is 0 Å². The predicted molar refractivity (Wildman–Crippen MR) is 124 cm³/mol. The van der Waals surface area contributed by atoms with Crippen LogP contribution in [0.5, 0.6) is 0 Å². The molecule has 31 heavy (non-hydrogen) atoms. The zero-order chi connectivity index (χ0) is 21.8. The first kappa shape index (κ1) is 20.6. The summed E-state index contributed by atoms with van der Waals surface area (Å²) in [4.78, 5) is 31.9. The van der Waals surface area contributed by atoms with Crippen LogP contribution in [0.2, 0.25) is 5.02 Å². The van der Waals surface area contributed by atoms with Gasteiger partial charge in [0.25, 0.3) is 5.91 Å². The third-order valence-corrected chi connectivity index (χ3v) is 5.33. The number of halogens is 1. The molecule has 1 N–H and O–H groups in total. The minimum absolute atomic E-state index is 0.321. The number of benzene rings is 3. The number of nitrogens with zero attached hydrogens (tertiary/aromatic N) is 2. The highest BCUT2D eigenvalue weighted by atomic mass is 35.5. The lowest BCUT2D eigenvalue weighted by Crippen LogP contribution is -2.45. The maximum absolute atomic E-state index is 13.1. The Morgan fingerprint density at radius 1 is 1.00 bits per heavy atom. The fourth-order valence-electron chi connectivity index (χ4n) is 3.40. The molecular weight excluding hydrogens is 410 g/mol. The average Bonchev–Trinajstić information content (AvgIpc) is 2.90. The van der Waals surface area contributed by atoms with E-state index in [1.807, 2.05) is 66.7 Å². The van der Waals surface area contributed by atoms with Crippen LogP contribution in [0.15, 0.2) is 89.9 Å². The first-order valence-electron chi connectivity index (χ1n) is 9.78. The highest BCUT2D eigenvalue weighted by Gasteiger charge is 2.30. The molecule has 0 fully saturated rings. The van der Waals surface area contributed by atoms with E-state index in [9.17, 15) is 9.59 Å². The second-order valence-electron chi connectivity index (χ2n) is 7.02. The molecule has 1 aliphatic heterocycles. The summed E-state index contributed by atoms with van der Waals surface area (Å²) in [6.45, 7) is 0. The minimum atomic E-state index is -1.06. The van der Waals surface area contributed by atoms with Gasteiger partial charge >= 0.3 is 0 Å². The lowest BCUT2D eigenvalue weighted by molar-refractivity contribution is -0.124. The lowest BCUT2D eigenvalue weighted by atomic mass is 10.0. The number of likely N-dealkylation sites (N-methyl/N-ethyl adjacent to an activating group) is 1. The topological polar surface area (TPSA) is 61.8 Å². The summed E-state index contributed by atoms with van der Waals surface area (Å²) in [6.07, 6.45) is 1.90. The van der Waals surface area contributed by atoms with Gasteiger partial charge in [-0.2, -0.15) is 0 Å². The van der Waals surface area contributed by atoms with Crippen molar-refractivity contribution in [1.82, 2.24) is 5.32 Å². The SMILES string of the molecule is CN1C(=O)[C@H](NC(=O)/C=C/c2ccccc2Cl)N=C(c2ccccc2)c2ccccc21. The molecule has 1 heterocycles. The maximum Gasteiger partial charge on any atom is 0.272 e. The molecule has 0 radical (unpaired) electrons. The molecule has 1 aliphatic rings. The molecule has 0 bridgehead atoms. The van der Waals surface area contributed by atoms with Gasteiger partial charge in [-0.3, -0.25) is 9.59 Å². The summed E-state index contributed by atoms with van der Waals surface area (Å²) >= 11 is 6.14. The van der Waals surface area contributed by atoms with Gasteiger partial charge in [0.15, 0.2) is 0 Å². The predicted octanol–water partition coefficient (Wildman–Crippen LogP) is 4.31. The van der Waals surface area contributed by atoms with Crippen LogP contribution in [0.4, 0.5) is 5.69 Å². The van der Waals surface area contributed by atoms with Crippen molar-refractivity contribution in [3.63, 3.8) is 0 Å². The van der Waals surface area contributed by atoms with Crippen LogP contribution >= 0.6 is 11.6 Å². The second-order valence-corrected chi connectivity index (χ2v) is 7.43. The van der Waals surface area contributed by atoms with E-state index < -0.39 is 12.1 Å². The number of carbonyl (C=O) groups excluding carboxylic acids is 2. The van der Waals surface area contributed by atoms with Crippen LogP contribution in [-0.4, -0.2) is 30.7 Å². The molecule has 6 heteroatoms. The summed E-state index contributed by atoms with van der Waals surface area (Å²) in [5, 5.41) is 3.25. The number of hydrogen-bond donors (Lipinski definition) is 1. The van der Waals surface area contributed by atoms with Crippen LogP contribution in [0, 0.1) is 0 Å². The number of para-hydroxylation sites is 1. The van der Waals surface area contributed by atoms with Crippen molar-refractivity contribution < 1.29 is 9.59 Å². The molecule has 4 rings (SSSR count). The third kappa shape index (κ3) is 4.42. The number of aliphatic imine (C=N–C) groups is 1. The van der Waals surface area contributed by atoms with Gasteiger partial charge in [-0.05, 0) is 23.8 Å². The number of fused-ring (bicyclic) bond motifs is 1. The standard InChI is InChI=1S/C25H20ClN3O2/c1-29-21-14-8-6-12-19(21)23(18-10-3-2-4-11-18)28-24(25(29)31)27-22(30)16-15-17-9-5-7-13-20(17)26/h2-16,24H,1H3,(H,27,30)/b16-15+/t24-/m1/s1.